The minimum absolute atomic E-state index is 0.692. The first-order valence-corrected chi connectivity index (χ1v) is 8.91. The van der Waals surface area contributed by atoms with Gasteiger partial charge < -0.3 is 14.2 Å². The zero-order valence-electron chi connectivity index (χ0n) is 13.3. The summed E-state index contributed by atoms with van der Waals surface area (Å²) in [4.78, 5) is 0. The first-order valence-electron chi connectivity index (χ1n) is 7.37. The van der Waals surface area contributed by atoms with Crippen LogP contribution in [0.1, 0.15) is 65.2 Å². The molecule has 0 aliphatic carbocycles. The van der Waals surface area contributed by atoms with E-state index in [9.17, 15) is 9.67 Å². The molecule has 0 unspecified atom stereocenters. The van der Waals surface area contributed by atoms with Crippen LogP contribution in [-0.2, 0) is 13.6 Å². The van der Waals surface area contributed by atoms with Crippen LogP contribution < -0.4 is 0 Å². The van der Waals surface area contributed by atoms with Crippen LogP contribution in [0.2, 0.25) is 0 Å². The van der Waals surface area contributed by atoms with Crippen LogP contribution in [0.3, 0.4) is 0 Å². The predicted octanol–water partition coefficient (Wildman–Crippen LogP) is 4.32. The zero-order chi connectivity index (χ0) is 15.5. The summed E-state index contributed by atoms with van der Waals surface area (Å²) >= 11 is 0. The Morgan fingerprint density at radius 3 is 2.05 bits per heavy atom. The van der Waals surface area contributed by atoms with E-state index in [1.807, 2.05) is 0 Å². The molecule has 1 N–H and O–H groups in total. The van der Waals surface area contributed by atoms with Crippen LogP contribution in [0, 0.1) is 11.8 Å². The third-order valence-electron chi connectivity index (χ3n) is 3.24. The molecule has 0 rings (SSSR count). The van der Waals surface area contributed by atoms with E-state index in [2.05, 4.69) is 18.8 Å². The Labute approximate surface area is 123 Å². The fourth-order valence-corrected chi connectivity index (χ4v) is 2.98. The minimum atomic E-state index is -3.58. The first-order chi connectivity index (χ1) is 9.43. The average Bonchev–Trinajstić information content (AvgIpc) is 2.44. The lowest BCUT2D eigenvalue weighted by molar-refractivity contribution is 0.140. The van der Waals surface area contributed by atoms with Crippen molar-refractivity contribution in [2.24, 2.45) is 0 Å². The van der Waals surface area contributed by atoms with E-state index in [4.69, 9.17) is 9.05 Å². The summed E-state index contributed by atoms with van der Waals surface area (Å²) in [5, 5.41) is 8.29. The van der Waals surface area contributed by atoms with Gasteiger partial charge in [-0.15, -0.1) is 0 Å². The van der Waals surface area contributed by atoms with Gasteiger partial charge >= 0.3 is 7.60 Å². The minimum Gasteiger partial charge on any atom is -0.368 e. The van der Waals surface area contributed by atoms with Gasteiger partial charge in [0.1, 0.15) is 0 Å². The quantitative estimate of drug-likeness (QED) is 0.371. The summed E-state index contributed by atoms with van der Waals surface area (Å²) in [7, 11) is -1.08. The maximum absolute atomic E-state index is 12.0. The van der Waals surface area contributed by atoms with Crippen molar-refractivity contribution in [3.8, 4) is 11.8 Å². The van der Waals surface area contributed by atoms with Crippen molar-refractivity contribution >= 4 is 7.60 Å². The molecule has 5 heteroatoms. The highest BCUT2D eigenvalue weighted by atomic mass is 31.2. The number of hydrogen-bond acceptors (Lipinski definition) is 4. The topological polar surface area (TPSA) is 55.8 Å². The lowest BCUT2D eigenvalue weighted by atomic mass is 10.1. The van der Waals surface area contributed by atoms with Gasteiger partial charge in [-0.25, -0.2) is 0 Å². The molecule has 0 radical (unpaired) electrons. The van der Waals surface area contributed by atoms with Gasteiger partial charge in [0.25, 0.3) is 0 Å². The smallest absolute Gasteiger partial charge is 0.368 e. The Hall–Kier alpha value is -0.330. The predicted molar refractivity (Wildman–Crippen MR) is 82.6 cm³/mol. The van der Waals surface area contributed by atoms with Crippen LogP contribution in [-0.4, -0.2) is 24.7 Å². The third kappa shape index (κ3) is 6.90. The van der Waals surface area contributed by atoms with Crippen molar-refractivity contribution in [3.63, 3.8) is 0 Å². The van der Waals surface area contributed by atoms with Crippen LogP contribution in [0.5, 0.6) is 0 Å². The van der Waals surface area contributed by atoms with Crippen molar-refractivity contribution in [1.29, 1.82) is 0 Å². The SMILES string of the molecule is CCCCCCCCCC#C[C@](C)(O)P(=O)(OC)OC. The van der Waals surface area contributed by atoms with Gasteiger partial charge in [-0.05, 0) is 13.3 Å². The summed E-state index contributed by atoms with van der Waals surface area (Å²) in [6.45, 7) is 3.57. The second-order valence-electron chi connectivity index (χ2n) is 5.06. The van der Waals surface area contributed by atoms with E-state index in [0.717, 1.165) is 12.8 Å². The molecule has 1 atom stereocenters. The van der Waals surface area contributed by atoms with Gasteiger partial charge in [0.05, 0.1) is 0 Å². The molecule has 20 heavy (non-hydrogen) atoms. The summed E-state index contributed by atoms with van der Waals surface area (Å²) in [6, 6.07) is 0. The number of unbranched alkanes of at least 4 members (excludes halogenated alkanes) is 7. The largest absolute Gasteiger partial charge is 0.373 e. The molecular formula is C15H29O4P. The standard InChI is InChI=1S/C15H29O4P/c1-5-6-7-8-9-10-11-12-13-14-15(2,16)20(17,18-3)19-4/h16H,5-12H2,1-4H3/t15-/m1/s1. The van der Waals surface area contributed by atoms with Gasteiger partial charge in [-0.1, -0.05) is 57.3 Å². The summed E-state index contributed by atoms with van der Waals surface area (Å²) < 4.78 is 21.6. The van der Waals surface area contributed by atoms with Crippen molar-refractivity contribution in [2.75, 3.05) is 14.2 Å². The lowest BCUT2D eigenvalue weighted by Gasteiger charge is -2.24. The van der Waals surface area contributed by atoms with Gasteiger partial charge in [0.15, 0.2) is 0 Å². The van der Waals surface area contributed by atoms with E-state index in [0.29, 0.717) is 6.42 Å². The van der Waals surface area contributed by atoms with Crippen molar-refractivity contribution in [1.82, 2.24) is 0 Å². The third-order valence-corrected chi connectivity index (χ3v) is 5.38. The number of aliphatic hydroxyl groups is 1. The molecule has 0 aromatic rings. The molecule has 0 bridgehead atoms. The molecule has 0 amide bonds. The second kappa shape index (κ2) is 10.4. The fraction of sp³-hybridized carbons (Fsp3) is 0.867. The molecule has 0 saturated carbocycles. The van der Waals surface area contributed by atoms with Gasteiger partial charge in [0, 0.05) is 20.6 Å². The highest BCUT2D eigenvalue weighted by Crippen LogP contribution is 2.57. The average molecular weight is 304 g/mol. The van der Waals surface area contributed by atoms with Crippen LogP contribution in [0.15, 0.2) is 0 Å². The number of hydrogen-bond donors (Lipinski definition) is 1. The van der Waals surface area contributed by atoms with E-state index >= 15 is 0 Å². The van der Waals surface area contributed by atoms with Gasteiger partial charge in [0.2, 0.25) is 5.34 Å². The van der Waals surface area contributed by atoms with E-state index in [-0.39, 0.29) is 0 Å². The Bertz CT molecular complexity index is 347. The van der Waals surface area contributed by atoms with Crippen molar-refractivity contribution in [2.45, 2.75) is 70.6 Å². The molecule has 0 aromatic heterocycles. The zero-order valence-corrected chi connectivity index (χ0v) is 14.2. The Morgan fingerprint density at radius 1 is 1.05 bits per heavy atom. The molecule has 0 aliphatic rings. The Balaban J connectivity index is 3.99. The van der Waals surface area contributed by atoms with E-state index < -0.39 is 12.9 Å². The van der Waals surface area contributed by atoms with Crippen LogP contribution in [0.4, 0.5) is 0 Å². The Kier molecular flexibility index (Phi) is 10.2. The molecule has 0 saturated heterocycles. The van der Waals surface area contributed by atoms with Crippen LogP contribution in [0.25, 0.3) is 0 Å². The second-order valence-corrected chi connectivity index (χ2v) is 7.65. The van der Waals surface area contributed by atoms with Gasteiger partial charge in [-0.3, -0.25) is 4.57 Å². The molecule has 0 heterocycles. The normalized spacial score (nSPS) is 14.4. The highest BCUT2D eigenvalue weighted by molar-refractivity contribution is 7.55. The monoisotopic (exact) mass is 304 g/mol. The molecule has 0 aliphatic heterocycles. The van der Waals surface area contributed by atoms with Crippen molar-refractivity contribution < 1.29 is 18.7 Å². The lowest BCUT2D eigenvalue weighted by Crippen LogP contribution is -2.23. The van der Waals surface area contributed by atoms with Crippen molar-refractivity contribution in [3.05, 3.63) is 0 Å². The molecule has 0 aromatic carbocycles. The Morgan fingerprint density at radius 2 is 1.55 bits per heavy atom. The molecule has 0 spiro atoms. The summed E-state index contributed by atoms with van der Waals surface area (Å²) in [5.74, 6) is 5.47. The molecule has 0 fully saturated rings. The maximum atomic E-state index is 12.0. The molecule has 4 nitrogen and oxygen atoms in total. The maximum Gasteiger partial charge on any atom is 0.373 e. The number of rotatable bonds is 10. The summed E-state index contributed by atoms with van der Waals surface area (Å²) in [6.07, 6.45) is 9.23. The highest BCUT2D eigenvalue weighted by Gasteiger charge is 2.43. The fourth-order valence-electron chi connectivity index (χ4n) is 1.90. The van der Waals surface area contributed by atoms with Crippen LogP contribution >= 0.6 is 7.60 Å². The first kappa shape index (κ1) is 19.7. The van der Waals surface area contributed by atoms with E-state index in [1.165, 1.54) is 53.2 Å². The molecular weight excluding hydrogens is 275 g/mol. The molecule has 118 valence electrons. The van der Waals surface area contributed by atoms with Gasteiger partial charge in [-0.2, -0.15) is 0 Å². The summed E-state index contributed by atoms with van der Waals surface area (Å²) in [5.41, 5.74) is 0. The van der Waals surface area contributed by atoms with E-state index in [1.54, 1.807) is 0 Å².